The molecule has 10 nitrogen and oxygen atoms in total. The molecule has 0 saturated carbocycles. The fraction of sp³-hybridized carbons (Fsp3) is 0.440. The largest absolute Gasteiger partial charge is 0.486 e. The predicted molar refractivity (Wildman–Crippen MR) is 128 cm³/mol. The number of piperidine rings is 1. The van der Waals surface area contributed by atoms with Crippen molar-refractivity contribution in [3.8, 4) is 17.6 Å². The lowest BCUT2D eigenvalue weighted by atomic mass is 10.0. The number of nitrogens with one attached hydrogen (secondary N) is 1. The van der Waals surface area contributed by atoms with Crippen LogP contribution in [0.1, 0.15) is 30.0 Å². The number of likely N-dealkylation sites (tertiary alicyclic amines) is 1. The van der Waals surface area contributed by atoms with E-state index >= 15 is 0 Å². The van der Waals surface area contributed by atoms with Crippen molar-refractivity contribution in [1.29, 1.82) is 5.26 Å². The van der Waals surface area contributed by atoms with E-state index in [-0.39, 0.29) is 17.2 Å². The van der Waals surface area contributed by atoms with E-state index < -0.39 is 0 Å². The lowest BCUT2D eigenvalue weighted by molar-refractivity contribution is 0.169. The van der Waals surface area contributed by atoms with Gasteiger partial charge in [0.05, 0.1) is 17.8 Å². The summed E-state index contributed by atoms with van der Waals surface area (Å²) in [5.41, 5.74) is 2.56. The first-order chi connectivity index (χ1) is 17.1. The smallest absolute Gasteiger partial charge is 0.270 e. The fourth-order valence-corrected chi connectivity index (χ4v) is 5.44. The van der Waals surface area contributed by atoms with Gasteiger partial charge in [0.25, 0.3) is 11.1 Å². The molecule has 1 atom stereocenters. The molecule has 180 valence electrons. The second-order valence-corrected chi connectivity index (χ2v) is 9.35. The highest BCUT2D eigenvalue weighted by atomic mass is 16.6. The first-order valence-corrected chi connectivity index (χ1v) is 12.0. The molecule has 1 fully saturated rings. The van der Waals surface area contributed by atoms with Gasteiger partial charge >= 0.3 is 0 Å². The molecule has 0 amide bonds. The van der Waals surface area contributed by atoms with Crippen molar-refractivity contribution in [2.24, 2.45) is 0 Å². The number of hydrogen-bond donors (Lipinski definition) is 1. The third-order valence-corrected chi connectivity index (χ3v) is 7.15. The Labute approximate surface area is 201 Å². The first kappa shape index (κ1) is 21.8. The second-order valence-electron chi connectivity index (χ2n) is 9.35. The number of ether oxygens (including phenoxy) is 2. The van der Waals surface area contributed by atoms with E-state index in [9.17, 15) is 14.9 Å². The topological polar surface area (TPSA) is 114 Å². The Bertz CT molecular complexity index is 1440. The highest BCUT2D eigenvalue weighted by Crippen LogP contribution is 2.35. The SMILES string of the molecule is N#Cc1cc(CNC2CCN(C[C@@H]3Cn4c(=O)cnc5ccc(=O)n3c54)CC2)cc2c1OCCO2. The monoisotopic (exact) mass is 474 g/mol. The van der Waals surface area contributed by atoms with E-state index in [1.54, 1.807) is 15.2 Å². The van der Waals surface area contributed by atoms with Gasteiger partial charge in [0.15, 0.2) is 11.5 Å². The molecule has 1 N–H and O–H groups in total. The molecule has 3 aliphatic heterocycles. The Morgan fingerprint density at radius 1 is 1.11 bits per heavy atom. The normalized spacial score (nSPS) is 19.7. The quantitative estimate of drug-likeness (QED) is 0.583. The Hall–Kier alpha value is -3.68. The number of hydrogen-bond acceptors (Lipinski definition) is 8. The second kappa shape index (κ2) is 8.83. The molecular formula is C25H26N6O4. The number of nitriles is 1. The number of rotatable bonds is 5. The van der Waals surface area contributed by atoms with Crippen molar-refractivity contribution in [3.05, 3.63) is 62.3 Å². The maximum Gasteiger partial charge on any atom is 0.270 e. The van der Waals surface area contributed by atoms with E-state index in [2.05, 4.69) is 21.3 Å². The predicted octanol–water partition coefficient (Wildman–Crippen LogP) is 1.01. The van der Waals surface area contributed by atoms with Gasteiger partial charge in [0.1, 0.15) is 30.4 Å². The Morgan fingerprint density at radius 3 is 2.77 bits per heavy atom. The average molecular weight is 475 g/mol. The van der Waals surface area contributed by atoms with Crippen molar-refractivity contribution in [1.82, 2.24) is 24.3 Å². The lowest BCUT2D eigenvalue weighted by Crippen LogP contribution is -2.44. The number of aromatic nitrogens is 3. The highest BCUT2D eigenvalue weighted by molar-refractivity contribution is 5.71. The summed E-state index contributed by atoms with van der Waals surface area (Å²) in [6.07, 6.45) is 3.30. The Balaban J connectivity index is 1.08. The standard InChI is InChI=1S/C25H26N6O4/c26-11-17-9-16(10-21-24(17)35-8-7-34-21)12-27-18-3-5-29(6-4-18)14-19-15-30-23(33)13-28-20-1-2-22(32)31(19)25(20)30/h1-2,9-10,13,18-19,27H,3-8,12,14-15H2/t19-/m1/s1. The van der Waals surface area contributed by atoms with Crippen LogP contribution in [0.2, 0.25) is 0 Å². The molecule has 10 heteroatoms. The van der Waals surface area contributed by atoms with Crippen LogP contribution >= 0.6 is 0 Å². The summed E-state index contributed by atoms with van der Waals surface area (Å²) >= 11 is 0. The van der Waals surface area contributed by atoms with Crippen molar-refractivity contribution < 1.29 is 9.47 Å². The molecular weight excluding hydrogens is 448 g/mol. The zero-order valence-corrected chi connectivity index (χ0v) is 19.3. The average Bonchev–Trinajstić information content (AvgIpc) is 3.28. The molecule has 0 aliphatic carbocycles. The summed E-state index contributed by atoms with van der Waals surface area (Å²) in [6, 6.07) is 9.53. The molecule has 3 aliphatic rings. The van der Waals surface area contributed by atoms with Crippen LogP contribution in [0.5, 0.6) is 11.5 Å². The van der Waals surface area contributed by atoms with Crippen LogP contribution in [0.4, 0.5) is 0 Å². The summed E-state index contributed by atoms with van der Waals surface area (Å²) in [6.45, 7) is 4.65. The summed E-state index contributed by atoms with van der Waals surface area (Å²) in [7, 11) is 0. The summed E-state index contributed by atoms with van der Waals surface area (Å²) < 4.78 is 14.7. The van der Waals surface area contributed by atoms with Gasteiger partial charge in [-0.2, -0.15) is 5.26 Å². The van der Waals surface area contributed by atoms with Crippen molar-refractivity contribution >= 4 is 11.2 Å². The molecule has 0 unspecified atom stereocenters. The van der Waals surface area contributed by atoms with Crippen molar-refractivity contribution in [3.63, 3.8) is 0 Å². The minimum atomic E-state index is -0.166. The van der Waals surface area contributed by atoms with E-state index in [4.69, 9.17) is 9.47 Å². The van der Waals surface area contributed by atoms with Crippen LogP contribution in [0.25, 0.3) is 11.2 Å². The number of nitrogens with zero attached hydrogens (tertiary/aromatic N) is 5. The molecule has 6 rings (SSSR count). The summed E-state index contributed by atoms with van der Waals surface area (Å²) in [5.74, 6) is 1.18. The highest BCUT2D eigenvalue weighted by Gasteiger charge is 2.29. The van der Waals surface area contributed by atoms with Crippen LogP contribution in [-0.4, -0.2) is 57.9 Å². The molecule has 1 saturated heterocycles. The van der Waals surface area contributed by atoms with E-state index in [1.807, 2.05) is 12.1 Å². The third kappa shape index (κ3) is 3.96. The lowest BCUT2D eigenvalue weighted by Gasteiger charge is -2.34. The van der Waals surface area contributed by atoms with Gasteiger partial charge in [-0.3, -0.25) is 18.7 Å². The molecule has 2 aromatic heterocycles. The number of benzene rings is 1. The van der Waals surface area contributed by atoms with Gasteiger partial charge in [-0.05, 0) is 49.7 Å². The van der Waals surface area contributed by atoms with E-state index in [1.165, 1.54) is 12.3 Å². The van der Waals surface area contributed by atoms with Crippen molar-refractivity contribution in [2.75, 3.05) is 32.8 Å². The third-order valence-electron chi connectivity index (χ3n) is 7.15. The molecule has 0 radical (unpaired) electrons. The van der Waals surface area contributed by atoms with Gasteiger partial charge < -0.3 is 19.7 Å². The zero-order valence-electron chi connectivity index (χ0n) is 19.3. The van der Waals surface area contributed by atoms with Crippen LogP contribution in [0, 0.1) is 11.3 Å². The molecule has 35 heavy (non-hydrogen) atoms. The number of pyridine rings is 1. The van der Waals surface area contributed by atoms with Gasteiger partial charge in [-0.15, -0.1) is 0 Å². The van der Waals surface area contributed by atoms with E-state index in [0.29, 0.717) is 60.6 Å². The summed E-state index contributed by atoms with van der Waals surface area (Å²) in [5, 5.41) is 13.1. The van der Waals surface area contributed by atoms with E-state index in [0.717, 1.165) is 38.0 Å². The number of fused-ring (bicyclic) bond motifs is 1. The Kier molecular flexibility index (Phi) is 5.51. The first-order valence-electron chi connectivity index (χ1n) is 12.0. The molecule has 0 spiro atoms. The maximum absolute atomic E-state index is 12.6. The molecule has 1 aromatic carbocycles. The minimum absolute atomic E-state index is 0.0743. The van der Waals surface area contributed by atoms with Crippen LogP contribution in [0.15, 0.2) is 40.1 Å². The van der Waals surface area contributed by atoms with Gasteiger partial charge in [-0.25, -0.2) is 4.98 Å². The Morgan fingerprint density at radius 2 is 1.94 bits per heavy atom. The van der Waals surface area contributed by atoms with Gasteiger partial charge in [-0.1, -0.05) is 0 Å². The molecule has 0 bridgehead atoms. The fourth-order valence-electron chi connectivity index (χ4n) is 5.44. The van der Waals surface area contributed by atoms with Gasteiger partial charge in [0.2, 0.25) is 0 Å². The maximum atomic E-state index is 12.6. The van der Waals surface area contributed by atoms with Gasteiger partial charge in [0, 0.05) is 31.7 Å². The van der Waals surface area contributed by atoms with Crippen LogP contribution < -0.4 is 25.9 Å². The summed E-state index contributed by atoms with van der Waals surface area (Å²) in [4.78, 5) is 31.5. The van der Waals surface area contributed by atoms with Crippen molar-refractivity contribution in [2.45, 2.75) is 38.0 Å². The zero-order chi connectivity index (χ0) is 23.9. The molecule has 5 heterocycles. The molecule has 3 aromatic rings. The minimum Gasteiger partial charge on any atom is -0.486 e. The van der Waals surface area contributed by atoms with Crippen LogP contribution in [-0.2, 0) is 13.1 Å². The van der Waals surface area contributed by atoms with Crippen LogP contribution in [0.3, 0.4) is 0 Å².